The fraction of sp³-hybridized carbons (Fsp3) is 0.231. The van der Waals surface area contributed by atoms with Gasteiger partial charge in [-0.3, -0.25) is 4.79 Å². The zero-order valence-electron chi connectivity index (χ0n) is 10.2. The highest BCUT2D eigenvalue weighted by Gasteiger charge is 2.14. The summed E-state index contributed by atoms with van der Waals surface area (Å²) in [5.74, 6) is -2.77. The number of hydrogen-bond donors (Lipinski definition) is 1. The van der Waals surface area contributed by atoms with Crippen LogP contribution in [0, 0.1) is 18.6 Å². The zero-order chi connectivity index (χ0) is 13.8. The van der Waals surface area contributed by atoms with Gasteiger partial charge in [0.15, 0.2) is 11.6 Å². The fourth-order valence-corrected chi connectivity index (χ4v) is 2.25. The summed E-state index contributed by atoms with van der Waals surface area (Å²) >= 11 is 1.53. The van der Waals surface area contributed by atoms with Gasteiger partial charge >= 0.3 is 0 Å². The maximum Gasteiger partial charge on any atom is 0.254 e. The molecule has 0 spiro atoms. The lowest BCUT2D eigenvalue weighted by molar-refractivity contribution is 0.0949. The third kappa shape index (κ3) is 3.35. The highest BCUT2D eigenvalue weighted by Crippen LogP contribution is 2.11. The van der Waals surface area contributed by atoms with Crippen molar-refractivity contribution >= 4 is 17.2 Å². The number of amides is 1. The van der Waals surface area contributed by atoms with E-state index in [4.69, 9.17) is 0 Å². The summed E-state index contributed by atoms with van der Waals surface area (Å²) in [4.78, 5) is 15.9. The third-order valence-corrected chi connectivity index (χ3v) is 3.35. The predicted octanol–water partition coefficient (Wildman–Crippen LogP) is 2.70. The molecule has 1 heterocycles. The summed E-state index contributed by atoms with van der Waals surface area (Å²) in [6.07, 6.45) is 0.563. The molecule has 6 heteroatoms. The largest absolute Gasteiger partial charge is 0.352 e. The Bertz CT molecular complexity index is 598. The van der Waals surface area contributed by atoms with Crippen molar-refractivity contribution < 1.29 is 13.6 Å². The number of carbonyl (C=O) groups is 1. The van der Waals surface area contributed by atoms with Crippen LogP contribution in [0.2, 0.25) is 0 Å². The van der Waals surface area contributed by atoms with Crippen molar-refractivity contribution in [2.45, 2.75) is 13.3 Å². The van der Waals surface area contributed by atoms with E-state index in [9.17, 15) is 13.6 Å². The number of aryl methyl sites for hydroxylation is 1. The molecule has 0 aliphatic heterocycles. The number of hydrogen-bond acceptors (Lipinski definition) is 3. The first-order chi connectivity index (χ1) is 9.08. The Kier molecular flexibility index (Phi) is 4.21. The molecule has 3 nitrogen and oxygen atoms in total. The number of carbonyl (C=O) groups excluding carboxylic acids is 1. The van der Waals surface area contributed by atoms with E-state index in [1.54, 1.807) is 0 Å². The molecular weight excluding hydrogens is 270 g/mol. The van der Waals surface area contributed by atoms with Gasteiger partial charge < -0.3 is 5.32 Å². The quantitative estimate of drug-likeness (QED) is 0.937. The molecule has 0 aliphatic rings. The smallest absolute Gasteiger partial charge is 0.254 e. The molecule has 1 amide bonds. The van der Waals surface area contributed by atoms with Gasteiger partial charge in [0.1, 0.15) is 0 Å². The number of benzene rings is 1. The van der Waals surface area contributed by atoms with E-state index in [2.05, 4.69) is 10.3 Å². The molecule has 2 aromatic rings. The molecule has 100 valence electrons. The van der Waals surface area contributed by atoms with Crippen molar-refractivity contribution in [3.8, 4) is 0 Å². The Morgan fingerprint density at radius 1 is 1.42 bits per heavy atom. The molecule has 0 atom stereocenters. The Labute approximate surface area is 113 Å². The number of nitrogens with one attached hydrogen (secondary N) is 1. The average molecular weight is 282 g/mol. The molecule has 0 radical (unpaired) electrons. The molecule has 0 aliphatic carbocycles. The van der Waals surface area contributed by atoms with Gasteiger partial charge in [-0.05, 0) is 19.1 Å². The Balaban J connectivity index is 1.93. The third-order valence-electron chi connectivity index (χ3n) is 2.53. The summed E-state index contributed by atoms with van der Waals surface area (Å²) in [6, 6.07) is 3.53. The van der Waals surface area contributed by atoms with Crippen molar-refractivity contribution in [1.29, 1.82) is 0 Å². The molecule has 0 saturated carbocycles. The lowest BCUT2D eigenvalue weighted by Crippen LogP contribution is -2.26. The lowest BCUT2D eigenvalue weighted by atomic mass is 10.2. The Hall–Kier alpha value is -1.82. The van der Waals surface area contributed by atoms with Crippen LogP contribution in [0.4, 0.5) is 8.78 Å². The molecule has 2 rings (SSSR count). The van der Waals surface area contributed by atoms with E-state index in [0.717, 1.165) is 16.8 Å². The molecule has 1 aromatic heterocycles. The van der Waals surface area contributed by atoms with Crippen LogP contribution in [-0.4, -0.2) is 17.4 Å². The van der Waals surface area contributed by atoms with E-state index in [1.807, 2.05) is 12.3 Å². The van der Waals surface area contributed by atoms with Gasteiger partial charge in [0.2, 0.25) is 0 Å². The minimum atomic E-state index is -1.12. The van der Waals surface area contributed by atoms with E-state index in [0.29, 0.717) is 13.0 Å². The van der Waals surface area contributed by atoms with Gasteiger partial charge in [0, 0.05) is 18.3 Å². The van der Waals surface area contributed by atoms with Crippen LogP contribution in [0.25, 0.3) is 0 Å². The molecular formula is C13H12F2N2OS. The van der Waals surface area contributed by atoms with Gasteiger partial charge in [0.25, 0.3) is 5.91 Å². The van der Waals surface area contributed by atoms with Gasteiger partial charge in [-0.25, -0.2) is 13.8 Å². The zero-order valence-corrected chi connectivity index (χ0v) is 11.1. The standard InChI is InChI=1S/C13H12F2N2OS/c1-8-17-9(7-19-8)5-6-16-13(18)10-3-2-4-11(14)12(10)15/h2-4,7H,5-6H2,1H3,(H,16,18). The van der Waals surface area contributed by atoms with Gasteiger partial charge in [-0.1, -0.05) is 6.07 Å². The topological polar surface area (TPSA) is 42.0 Å². The minimum absolute atomic E-state index is 0.283. The molecule has 1 aromatic carbocycles. The van der Waals surface area contributed by atoms with Crippen molar-refractivity contribution in [2.24, 2.45) is 0 Å². The van der Waals surface area contributed by atoms with Gasteiger partial charge in [-0.15, -0.1) is 11.3 Å². The van der Waals surface area contributed by atoms with E-state index in [-0.39, 0.29) is 5.56 Å². The molecule has 1 N–H and O–H groups in total. The van der Waals surface area contributed by atoms with E-state index < -0.39 is 17.5 Å². The van der Waals surface area contributed by atoms with Gasteiger partial charge in [-0.2, -0.15) is 0 Å². The maximum absolute atomic E-state index is 13.4. The first-order valence-electron chi connectivity index (χ1n) is 5.71. The molecule has 0 saturated heterocycles. The number of thiazole rings is 1. The van der Waals surface area contributed by atoms with Crippen LogP contribution >= 0.6 is 11.3 Å². The number of rotatable bonds is 4. The summed E-state index contributed by atoms with van der Waals surface area (Å²) in [5, 5.41) is 5.41. The number of nitrogens with zero attached hydrogens (tertiary/aromatic N) is 1. The summed E-state index contributed by atoms with van der Waals surface area (Å²) in [5.41, 5.74) is 0.594. The Morgan fingerprint density at radius 3 is 2.89 bits per heavy atom. The highest BCUT2D eigenvalue weighted by molar-refractivity contribution is 7.09. The summed E-state index contributed by atoms with van der Waals surface area (Å²) in [6.45, 7) is 2.23. The van der Waals surface area contributed by atoms with Crippen LogP contribution in [0.3, 0.4) is 0 Å². The molecule has 0 bridgehead atoms. The summed E-state index contributed by atoms with van der Waals surface area (Å²) < 4.78 is 26.3. The first kappa shape index (κ1) is 13.6. The molecule has 0 fully saturated rings. The van der Waals surface area contributed by atoms with E-state index >= 15 is 0 Å². The van der Waals surface area contributed by atoms with Crippen LogP contribution < -0.4 is 5.32 Å². The molecule has 19 heavy (non-hydrogen) atoms. The number of aromatic nitrogens is 1. The second-order valence-corrected chi connectivity index (χ2v) is 5.03. The normalized spacial score (nSPS) is 10.5. The van der Waals surface area contributed by atoms with Gasteiger partial charge in [0.05, 0.1) is 16.3 Å². The number of halogens is 2. The summed E-state index contributed by atoms with van der Waals surface area (Å²) in [7, 11) is 0. The fourth-order valence-electron chi connectivity index (χ4n) is 1.60. The van der Waals surface area contributed by atoms with Crippen LogP contribution in [0.15, 0.2) is 23.6 Å². The SMILES string of the molecule is Cc1nc(CCNC(=O)c2cccc(F)c2F)cs1. The first-order valence-corrected chi connectivity index (χ1v) is 6.59. The predicted molar refractivity (Wildman–Crippen MR) is 69.2 cm³/mol. The highest BCUT2D eigenvalue weighted by atomic mass is 32.1. The second-order valence-electron chi connectivity index (χ2n) is 3.97. The van der Waals surface area contributed by atoms with E-state index in [1.165, 1.54) is 23.5 Å². The molecule has 0 unspecified atom stereocenters. The second kappa shape index (κ2) is 5.88. The Morgan fingerprint density at radius 2 is 2.21 bits per heavy atom. The van der Waals surface area contributed by atoms with Crippen molar-refractivity contribution in [1.82, 2.24) is 10.3 Å². The average Bonchev–Trinajstić information content (AvgIpc) is 2.78. The maximum atomic E-state index is 13.4. The van der Waals surface area contributed by atoms with Crippen molar-refractivity contribution in [2.75, 3.05) is 6.54 Å². The van der Waals surface area contributed by atoms with Crippen molar-refractivity contribution in [3.05, 3.63) is 51.5 Å². The van der Waals surface area contributed by atoms with Crippen molar-refractivity contribution in [3.63, 3.8) is 0 Å². The minimum Gasteiger partial charge on any atom is -0.352 e. The monoisotopic (exact) mass is 282 g/mol. The van der Waals surface area contributed by atoms with Crippen LogP contribution in [0.1, 0.15) is 21.1 Å². The van der Waals surface area contributed by atoms with Crippen LogP contribution in [0.5, 0.6) is 0 Å². The van der Waals surface area contributed by atoms with Crippen LogP contribution in [-0.2, 0) is 6.42 Å². The lowest BCUT2D eigenvalue weighted by Gasteiger charge is -2.05.